The molecule has 0 aliphatic rings. The van der Waals surface area contributed by atoms with E-state index in [1.54, 1.807) is 60.8 Å². The minimum Gasteiger partial charge on any atom is -0.368 e. The van der Waals surface area contributed by atoms with E-state index >= 15 is 0 Å². The van der Waals surface area contributed by atoms with Crippen LogP contribution in [0.25, 0.3) is 0 Å². The van der Waals surface area contributed by atoms with Crippen molar-refractivity contribution in [2.24, 2.45) is 26.4 Å². The van der Waals surface area contributed by atoms with Crippen LogP contribution >= 0.6 is 35.6 Å². The van der Waals surface area contributed by atoms with Crippen LogP contribution in [0.1, 0.15) is 0 Å². The van der Waals surface area contributed by atoms with Crippen LogP contribution in [-0.4, -0.2) is 27.7 Å². The molecule has 3 aromatic rings. The lowest BCUT2D eigenvalue weighted by atomic mass is 10.3. The first kappa shape index (κ1) is 24.5. The molecule has 0 unspecified atom stereocenters. The lowest BCUT2D eigenvalue weighted by Crippen LogP contribution is -2.27. The fourth-order valence-electron chi connectivity index (χ4n) is 2.27. The van der Waals surface area contributed by atoms with E-state index in [-0.39, 0.29) is 36.1 Å². The fraction of sp³-hybridized carbons (Fsp3) is 0. The average Bonchev–Trinajstić information content (AvgIpc) is 3.20. The second-order valence-corrected chi connectivity index (χ2v) is 6.74. The van der Waals surface area contributed by atoms with Crippen LogP contribution in [0.4, 0.5) is 17.2 Å². The van der Waals surface area contributed by atoms with Crippen molar-refractivity contribution in [2.45, 2.75) is 0 Å². The Morgan fingerprint density at radius 1 is 0.969 bits per heavy atom. The molecule has 0 radical (unpaired) electrons. The standard InChI is InChI=1S/C19H16Cl2N10.ClH/c20-12-1-5-14(6-2-12)26-17(23)29-18(24)31-10-9-16(30-31)28-19(25-11-22)27-15-7-3-13(21)4-8-15;/h1-10H,(H4,23,24,26,29)(H2,25,27,28,30);1H. The highest BCUT2D eigenvalue weighted by atomic mass is 35.5. The van der Waals surface area contributed by atoms with Gasteiger partial charge >= 0.3 is 0 Å². The van der Waals surface area contributed by atoms with E-state index in [1.165, 1.54) is 4.68 Å². The van der Waals surface area contributed by atoms with Crippen molar-refractivity contribution in [3.63, 3.8) is 0 Å². The summed E-state index contributed by atoms with van der Waals surface area (Å²) in [6.45, 7) is 0. The van der Waals surface area contributed by atoms with E-state index in [1.807, 2.05) is 6.19 Å². The van der Waals surface area contributed by atoms with Crippen LogP contribution in [0, 0.1) is 11.5 Å². The van der Waals surface area contributed by atoms with Gasteiger partial charge in [-0.25, -0.2) is 9.67 Å². The van der Waals surface area contributed by atoms with Crippen LogP contribution in [0.3, 0.4) is 0 Å². The number of nitrogens with one attached hydrogen (secondary N) is 2. The second-order valence-electron chi connectivity index (χ2n) is 5.86. The number of aliphatic imine (C=N–C) groups is 3. The van der Waals surface area contributed by atoms with Gasteiger partial charge in [-0.2, -0.15) is 15.2 Å². The Morgan fingerprint density at radius 3 is 2.22 bits per heavy atom. The molecule has 0 saturated heterocycles. The summed E-state index contributed by atoms with van der Waals surface area (Å²) in [4.78, 5) is 12.4. The summed E-state index contributed by atoms with van der Waals surface area (Å²) in [6.07, 6.45) is 3.35. The van der Waals surface area contributed by atoms with E-state index in [2.05, 4.69) is 30.7 Å². The van der Waals surface area contributed by atoms with Crippen LogP contribution in [-0.2, 0) is 0 Å². The predicted molar refractivity (Wildman–Crippen MR) is 130 cm³/mol. The molecular formula is C19H17Cl3N10. The normalized spacial score (nSPS) is 12.0. The van der Waals surface area contributed by atoms with Gasteiger partial charge < -0.3 is 16.8 Å². The van der Waals surface area contributed by atoms with Gasteiger partial charge in [0.15, 0.2) is 12.0 Å². The van der Waals surface area contributed by atoms with Crippen molar-refractivity contribution in [2.75, 3.05) is 5.32 Å². The van der Waals surface area contributed by atoms with E-state index in [0.29, 0.717) is 21.4 Å². The summed E-state index contributed by atoms with van der Waals surface area (Å²) in [5.41, 5.74) is 13.0. The molecule has 3 rings (SSSR count). The Kier molecular flexibility index (Phi) is 8.85. The maximum absolute atomic E-state index is 8.96. The zero-order valence-electron chi connectivity index (χ0n) is 16.3. The lowest BCUT2D eigenvalue weighted by Gasteiger charge is -2.07. The highest BCUT2D eigenvalue weighted by Crippen LogP contribution is 2.16. The number of guanidine groups is 2. The largest absolute Gasteiger partial charge is 0.368 e. The third-order valence-electron chi connectivity index (χ3n) is 3.62. The molecule has 0 amide bonds. The van der Waals surface area contributed by atoms with Crippen LogP contribution in [0.2, 0.25) is 10.0 Å². The molecule has 0 bridgehead atoms. The summed E-state index contributed by atoms with van der Waals surface area (Å²) < 4.78 is 1.27. The van der Waals surface area contributed by atoms with Crippen LogP contribution in [0.15, 0.2) is 75.8 Å². The van der Waals surface area contributed by atoms with Gasteiger partial charge in [0.2, 0.25) is 17.9 Å². The first-order valence-electron chi connectivity index (χ1n) is 8.69. The Labute approximate surface area is 199 Å². The molecule has 0 spiro atoms. The Balaban J connectivity index is 0.00000363. The molecule has 1 heterocycles. The fourth-order valence-corrected chi connectivity index (χ4v) is 2.52. The molecular weight excluding hydrogens is 475 g/mol. The van der Waals surface area contributed by atoms with Gasteiger partial charge in [-0.15, -0.1) is 17.5 Å². The van der Waals surface area contributed by atoms with Crippen LogP contribution in [0.5, 0.6) is 0 Å². The lowest BCUT2D eigenvalue weighted by molar-refractivity contribution is 0.920. The van der Waals surface area contributed by atoms with Gasteiger partial charge in [0.1, 0.15) is 0 Å². The topological polar surface area (TPSA) is 155 Å². The Bertz CT molecular complexity index is 1180. The quantitative estimate of drug-likeness (QED) is 0.190. The van der Waals surface area contributed by atoms with Gasteiger partial charge in [0.05, 0.1) is 5.69 Å². The SMILES string of the molecule is Cl.N#CNC(=Nc1ccn(C(N)=NC(N)=Nc2ccc(Cl)cc2)n1)Nc1ccc(Cl)cc1. The molecule has 10 nitrogen and oxygen atoms in total. The molecule has 32 heavy (non-hydrogen) atoms. The first-order chi connectivity index (χ1) is 14.9. The molecule has 0 atom stereocenters. The minimum atomic E-state index is -0.0587. The van der Waals surface area contributed by atoms with Crippen molar-refractivity contribution in [1.82, 2.24) is 15.1 Å². The van der Waals surface area contributed by atoms with E-state index in [4.69, 9.17) is 39.9 Å². The summed E-state index contributed by atoms with van der Waals surface area (Å²) >= 11 is 11.7. The van der Waals surface area contributed by atoms with E-state index < -0.39 is 0 Å². The number of aromatic nitrogens is 2. The zero-order valence-corrected chi connectivity index (χ0v) is 18.6. The Hall–Kier alpha value is -3.78. The number of rotatable bonds is 3. The number of hydrogen-bond donors (Lipinski definition) is 4. The molecule has 6 N–H and O–H groups in total. The smallest absolute Gasteiger partial charge is 0.224 e. The summed E-state index contributed by atoms with van der Waals surface area (Å²) in [7, 11) is 0. The van der Waals surface area contributed by atoms with Gasteiger partial charge in [-0.3, -0.25) is 5.32 Å². The summed E-state index contributed by atoms with van der Waals surface area (Å²) in [5.74, 6) is 0.355. The highest BCUT2D eigenvalue weighted by molar-refractivity contribution is 6.30. The van der Waals surface area contributed by atoms with Crippen molar-refractivity contribution < 1.29 is 0 Å². The third kappa shape index (κ3) is 7.17. The van der Waals surface area contributed by atoms with Gasteiger partial charge in [-0.05, 0) is 48.5 Å². The summed E-state index contributed by atoms with van der Waals surface area (Å²) in [6, 6.07) is 15.2. The van der Waals surface area contributed by atoms with Gasteiger partial charge in [0.25, 0.3) is 0 Å². The number of halogens is 3. The molecule has 164 valence electrons. The van der Waals surface area contributed by atoms with Crippen molar-refractivity contribution in [1.29, 1.82) is 5.26 Å². The number of benzene rings is 2. The molecule has 0 aliphatic heterocycles. The number of hydrogen-bond acceptors (Lipinski definition) is 4. The first-order valence-corrected chi connectivity index (χ1v) is 9.45. The monoisotopic (exact) mass is 490 g/mol. The highest BCUT2D eigenvalue weighted by Gasteiger charge is 2.05. The minimum absolute atomic E-state index is 0. The maximum atomic E-state index is 8.96. The third-order valence-corrected chi connectivity index (χ3v) is 4.12. The zero-order chi connectivity index (χ0) is 22.2. The molecule has 13 heteroatoms. The van der Waals surface area contributed by atoms with Crippen molar-refractivity contribution in [3.8, 4) is 6.19 Å². The number of nitrogens with zero attached hydrogens (tertiary/aromatic N) is 6. The number of anilines is 1. The molecule has 1 aromatic heterocycles. The van der Waals surface area contributed by atoms with Gasteiger partial charge in [-0.1, -0.05) is 23.2 Å². The molecule has 0 fully saturated rings. The maximum Gasteiger partial charge on any atom is 0.224 e. The molecule has 0 saturated carbocycles. The second kappa shape index (κ2) is 11.6. The predicted octanol–water partition coefficient (Wildman–Crippen LogP) is 3.59. The van der Waals surface area contributed by atoms with E-state index in [0.717, 1.165) is 0 Å². The summed E-state index contributed by atoms with van der Waals surface area (Å²) in [5, 5.41) is 19.7. The number of nitriles is 1. The molecule has 0 aliphatic carbocycles. The average molecular weight is 492 g/mol. The van der Waals surface area contributed by atoms with Crippen molar-refractivity contribution >= 4 is 70.7 Å². The van der Waals surface area contributed by atoms with Crippen LogP contribution < -0.4 is 22.1 Å². The Morgan fingerprint density at radius 2 is 1.59 bits per heavy atom. The molecule has 2 aromatic carbocycles. The number of nitrogens with two attached hydrogens (primary N) is 2. The van der Waals surface area contributed by atoms with Gasteiger partial charge in [0, 0.05) is 28.0 Å². The van der Waals surface area contributed by atoms with Crippen molar-refractivity contribution in [3.05, 3.63) is 70.8 Å². The van der Waals surface area contributed by atoms with E-state index in [9.17, 15) is 0 Å².